The van der Waals surface area contributed by atoms with Crippen molar-refractivity contribution in [2.75, 3.05) is 11.9 Å². The highest BCUT2D eigenvalue weighted by atomic mass is 16.5. The fourth-order valence-corrected chi connectivity index (χ4v) is 4.08. The van der Waals surface area contributed by atoms with Gasteiger partial charge >= 0.3 is 0 Å². The van der Waals surface area contributed by atoms with Crippen molar-refractivity contribution < 1.29 is 4.74 Å². The molecule has 0 saturated carbocycles. The Morgan fingerprint density at radius 3 is 2.03 bits per heavy atom. The predicted octanol–water partition coefficient (Wildman–Crippen LogP) is 7.56. The van der Waals surface area contributed by atoms with Crippen LogP contribution in [0.2, 0.25) is 0 Å². The van der Waals surface area contributed by atoms with E-state index in [0.29, 0.717) is 24.3 Å². The number of ether oxygens (including phenoxy) is 1. The summed E-state index contributed by atoms with van der Waals surface area (Å²) in [6, 6.07) is 27.4. The Balaban J connectivity index is 1.74. The molecule has 0 aromatic heterocycles. The lowest BCUT2D eigenvalue weighted by atomic mass is 9.92. The minimum Gasteiger partial charge on any atom is -0.475 e. The zero-order chi connectivity index (χ0) is 22.5. The second kappa shape index (κ2) is 9.86. The Morgan fingerprint density at radius 2 is 1.44 bits per heavy atom. The van der Waals surface area contributed by atoms with Gasteiger partial charge in [0.25, 0.3) is 0 Å². The number of benzene rings is 3. The highest BCUT2D eigenvalue weighted by Gasteiger charge is 2.21. The van der Waals surface area contributed by atoms with Gasteiger partial charge in [-0.3, -0.25) is 0 Å². The Kier molecular flexibility index (Phi) is 6.75. The maximum atomic E-state index is 6.00. The molecule has 1 aliphatic heterocycles. The molecule has 4 rings (SSSR count). The van der Waals surface area contributed by atoms with Gasteiger partial charge in [0.2, 0.25) is 5.90 Å². The largest absolute Gasteiger partial charge is 0.475 e. The van der Waals surface area contributed by atoms with Gasteiger partial charge in [-0.25, -0.2) is 4.99 Å². The summed E-state index contributed by atoms with van der Waals surface area (Å²) in [6.07, 6.45) is 2.04. The molecule has 164 valence electrons. The van der Waals surface area contributed by atoms with Crippen molar-refractivity contribution >= 4 is 17.3 Å². The van der Waals surface area contributed by atoms with E-state index in [0.717, 1.165) is 11.3 Å². The summed E-state index contributed by atoms with van der Waals surface area (Å²) >= 11 is 0. The van der Waals surface area contributed by atoms with Gasteiger partial charge in [-0.05, 0) is 34.1 Å². The van der Waals surface area contributed by atoms with Gasteiger partial charge in [-0.15, -0.1) is 0 Å². The number of para-hydroxylation sites is 1. The molecule has 1 N–H and O–H groups in total. The smallest absolute Gasteiger partial charge is 0.211 e. The summed E-state index contributed by atoms with van der Waals surface area (Å²) in [6.45, 7) is 9.53. The lowest BCUT2D eigenvalue weighted by Crippen LogP contribution is -2.09. The third kappa shape index (κ3) is 4.94. The average molecular weight is 425 g/mol. The van der Waals surface area contributed by atoms with Gasteiger partial charge in [0, 0.05) is 11.8 Å². The van der Waals surface area contributed by atoms with Crippen LogP contribution in [0.5, 0.6) is 0 Å². The molecule has 3 aromatic carbocycles. The highest BCUT2D eigenvalue weighted by Crippen LogP contribution is 2.35. The van der Waals surface area contributed by atoms with Crippen molar-refractivity contribution in [1.82, 2.24) is 0 Å². The first-order chi connectivity index (χ1) is 15.5. The van der Waals surface area contributed by atoms with Crippen molar-refractivity contribution in [2.45, 2.75) is 45.6 Å². The summed E-state index contributed by atoms with van der Waals surface area (Å²) in [7, 11) is 0. The van der Waals surface area contributed by atoms with Crippen molar-refractivity contribution in [2.24, 2.45) is 4.99 Å². The van der Waals surface area contributed by atoms with Crippen LogP contribution in [0.15, 0.2) is 89.9 Å². The van der Waals surface area contributed by atoms with E-state index >= 15 is 0 Å². The molecule has 32 heavy (non-hydrogen) atoms. The third-order valence-electron chi connectivity index (χ3n) is 5.84. The lowest BCUT2D eigenvalue weighted by molar-refractivity contribution is 0.321. The maximum absolute atomic E-state index is 6.00. The quantitative estimate of drug-likeness (QED) is 0.425. The molecule has 0 bridgehead atoms. The molecule has 0 spiro atoms. The Labute approximate surface area is 191 Å². The molecule has 0 amide bonds. The molecule has 1 aliphatic rings. The van der Waals surface area contributed by atoms with E-state index in [1.54, 1.807) is 0 Å². The number of nitrogens with one attached hydrogen (secondary N) is 1. The molecule has 0 unspecified atom stereocenters. The van der Waals surface area contributed by atoms with Crippen molar-refractivity contribution in [1.29, 1.82) is 0 Å². The van der Waals surface area contributed by atoms with Crippen molar-refractivity contribution in [3.05, 3.63) is 107 Å². The summed E-state index contributed by atoms with van der Waals surface area (Å²) in [5.41, 5.74) is 7.09. The van der Waals surface area contributed by atoms with Gasteiger partial charge in [0.05, 0.1) is 5.70 Å². The highest BCUT2D eigenvalue weighted by molar-refractivity contribution is 5.99. The van der Waals surface area contributed by atoms with Gasteiger partial charge in [0.15, 0.2) is 0 Å². The van der Waals surface area contributed by atoms with Crippen LogP contribution in [-0.2, 0) is 4.74 Å². The summed E-state index contributed by atoms with van der Waals surface area (Å²) in [5.74, 6) is 1.49. The summed E-state index contributed by atoms with van der Waals surface area (Å²) < 4.78 is 6.00. The first-order valence-electron chi connectivity index (χ1n) is 11.5. The number of aliphatic imine (C=N–C) groups is 1. The van der Waals surface area contributed by atoms with Crippen LogP contribution >= 0.6 is 0 Å². The molecule has 0 fully saturated rings. The average Bonchev–Trinajstić information content (AvgIpc) is 3.28. The van der Waals surface area contributed by atoms with Crippen LogP contribution in [0.1, 0.15) is 67.8 Å². The Hall–Kier alpha value is -3.33. The number of hydrogen-bond acceptors (Lipinski definition) is 3. The van der Waals surface area contributed by atoms with Crippen LogP contribution < -0.4 is 5.32 Å². The zero-order valence-electron chi connectivity index (χ0n) is 19.4. The van der Waals surface area contributed by atoms with E-state index in [2.05, 4.69) is 87.6 Å². The van der Waals surface area contributed by atoms with Gasteiger partial charge in [0.1, 0.15) is 12.6 Å². The molecule has 1 heterocycles. The molecule has 0 aliphatic carbocycles. The second-order valence-electron chi connectivity index (χ2n) is 8.87. The minimum atomic E-state index is 0.0358. The first-order valence-corrected chi connectivity index (χ1v) is 11.5. The third-order valence-corrected chi connectivity index (χ3v) is 5.84. The van der Waals surface area contributed by atoms with Gasteiger partial charge in [-0.1, -0.05) is 107 Å². The maximum Gasteiger partial charge on any atom is 0.211 e. The Bertz CT molecular complexity index is 1070. The number of nitrogens with zero attached hydrogens (tertiary/aromatic N) is 1. The summed E-state index contributed by atoms with van der Waals surface area (Å²) in [5, 5.41) is 3.78. The van der Waals surface area contributed by atoms with Crippen LogP contribution in [0.4, 0.5) is 5.69 Å². The van der Waals surface area contributed by atoms with Crippen LogP contribution in [0, 0.1) is 0 Å². The topological polar surface area (TPSA) is 33.6 Å². The predicted molar refractivity (Wildman–Crippen MR) is 135 cm³/mol. The van der Waals surface area contributed by atoms with Crippen LogP contribution in [0.3, 0.4) is 0 Å². The Morgan fingerprint density at radius 1 is 0.844 bits per heavy atom. The molecular weight excluding hydrogens is 392 g/mol. The monoisotopic (exact) mass is 424 g/mol. The minimum absolute atomic E-state index is 0.0358. The number of hydrogen-bond donors (Lipinski definition) is 1. The zero-order valence-corrected chi connectivity index (χ0v) is 19.4. The van der Waals surface area contributed by atoms with Crippen molar-refractivity contribution in [3.8, 4) is 0 Å². The molecule has 3 heteroatoms. The van der Waals surface area contributed by atoms with E-state index in [4.69, 9.17) is 9.73 Å². The van der Waals surface area contributed by atoms with Gasteiger partial charge in [-0.2, -0.15) is 0 Å². The molecular formula is C29H32N2O. The van der Waals surface area contributed by atoms with Gasteiger partial charge < -0.3 is 10.1 Å². The van der Waals surface area contributed by atoms with E-state index in [9.17, 15) is 0 Å². The second-order valence-corrected chi connectivity index (χ2v) is 8.87. The first kappa shape index (κ1) is 21.9. The molecule has 3 aromatic rings. The van der Waals surface area contributed by atoms with E-state index in [1.807, 2.05) is 30.3 Å². The molecule has 3 nitrogen and oxygen atoms in total. The fraction of sp³-hybridized carbons (Fsp3) is 0.276. The SMILES string of the molecule is CC(C)c1cccc(C(C)C)c1NC(=CC1=N[C@@H](c2ccccc2)CO1)c1ccccc1. The lowest BCUT2D eigenvalue weighted by Gasteiger charge is -2.22. The van der Waals surface area contributed by atoms with Crippen LogP contribution in [-0.4, -0.2) is 12.5 Å². The molecule has 0 saturated heterocycles. The van der Waals surface area contributed by atoms with E-state index in [1.165, 1.54) is 22.4 Å². The van der Waals surface area contributed by atoms with E-state index < -0.39 is 0 Å². The van der Waals surface area contributed by atoms with E-state index in [-0.39, 0.29) is 6.04 Å². The normalized spacial score (nSPS) is 16.2. The fourth-order valence-electron chi connectivity index (χ4n) is 4.08. The van der Waals surface area contributed by atoms with Crippen LogP contribution in [0.25, 0.3) is 5.70 Å². The number of rotatable bonds is 7. The standard InChI is InChI=1S/C29H32N2O/c1-20(2)24-16-11-17-25(21(3)4)29(24)31-26(22-12-7-5-8-13-22)18-28-30-27(19-32-28)23-14-9-6-10-15-23/h5-18,20-21,27,31H,19H2,1-4H3/t27-/m1/s1. The van der Waals surface area contributed by atoms with Crippen molar-refractivity contribution in [3.63, 3.8) is 0 Å². The molecule has 0 radical (unpaired) electrons. The number of anilines is 1. The molecule has 1 atom stereocenters. The summed E-state index contributed by atoms with van der Waals surface area (Å²) in [4.78, 5) is 4.86.